The molecule has 0 amide bonds. The molecule has 0 aliphatic rings. The highest BCUT2D eigenvalue weighted by molar-refractivity contribution is 9.10. The topological polar surface area (TPSA) is 56.8 Å². The van der Waals surface area contributed by atoms with Gasteiger partial charge in [0.2, 0.25) is 0 Å². The monoisotopic (exact) mass is 447 g/mol. The minimum atomic E-state index is -4.40. The average Bonchev–Trinajstić information content (AvgIpc) is 2.64. The summed E-state index contributed by atoms with van der Waals surface area (Å²) < 4.78 is 54.1. The van der Waals surface area contributed by atoms with Crippen molar-refractivity contribution in [1.29, 1.82) is 0 Å². The van der Waals surface area contributed by atoms with E-state index in [1.165, 1.54) is 20.3 Å². The molecule has 0 radical (unpaired) electrons. The van der Waals surface area contributed by atoms with E-state index in [0.29, 0.717) is 21.7 Å². The number of carbonyl (C=O) groups excluding carboxylic acids is 1. The fraction of sp³-hybridized carbons (Fsp3) is 0.278. The Labute approximate surface area is 162 Å². The highest BCUT2D eigenvalue weighted by Gasteiger charge is 2.30. The second-order valence-electron chi connectivity index (χ2n) is 5.41. The molecule has 5 nitrogen and oxygen atoms in total. The smallest absolute Gasteiger partial charge is 0.416 e. The van der Waals surface area contributed by atoms with Crippen molar-refractivity contribution < 1.29 is 32.2 Å². The van der Waals surface area contributed by atoms with Gasteiger partial charge in [-0.2, -0.15) is 13.2 Å². The Bertz CT molecular complexity index is 812. The van der Waals surface area contributed by atoms with Gasteiger partial charge in [0.25, 0.3) is 0 Å². The predicted octanol–water partition coefficient (Wildman–Crippen LogP) is 4.64. The molecule has 0 aromatic heterocycles. The lowest BCUT2D eigenvalue weighted by Gasteiger charge is -2.15. The Morgan fingerprint density at radius 3 is 2.56 bits per heavy atom. The summed E-state index contributed by atoms with van der Waals surface area (Å²) in [6, 6.07) is 8.33. The number of esters is 1. The van der Waals surface area contributed by atoms with Gasteiger partial charge in [0.1, 0.15) is 0 Å². The molecule has 0 atom stereocenters. The van der Waals surface area contributed by atoms with Crippen molar-refractivity contribution in [3.8, 4) is 11.5 Å². The van der Waals surface area contributed by atoms with Crippen molar-refractivity contribution in [2.45, 2.75) is 12.7 Å². The van der Waals surface area contributed by atoms with Crippen LogP contribution in [0.3, 0.4) is 0 Å². The normalized spacial score (nSPS) is 11.0. The first-order valence-electron chi connectivity index (χ1n) is 7.71. The van der Waals surface area contributed by atoms with Crippen LogP contribution in [0, 0.1) is 0 Å². The highest BCUT2D eigenvalue weighted by Crippen LogP contribution is 2.37. The minimum Gasteiger partial charge on any atom is -0.493 e. The molecule has 0 heterocycles. The minimum absolute atomic E-state index is 0.257. The first kappa shape index (κ1) is 20.9. The van der Waals surface area contributed by atoms with E-state index in [9.17, 15) is 18.0 Å². The van der Waals surface area contributed by atoms with Gasteiger partial charge in [-0.05, 0) is 51.8 Å². The van der Waals surface area contributed by atoms with Gasteiger partial charge in [-0.3, -0.25) is 0 Å². The molecule has 0 spiro atoms. The van der Waals surface area contributed by atoms with Crippen molar-refractivity contribution in [3.63, 3.8) is 0 Å². The maximum absolute atomic E-state index is 12.8. The molecule has 27 heavy (non-hydrogen) atoms. The van der Waals surface area contributed by atoms with Crippen molar-refractivity contribution in [2.24, 2.45) is 0 Å². The van der Waals surface area contributed by atoms with Gasteiger partial charge >= 0.3 is 12.1 Å². The predicted molar refractivity (Wildman–Crippen MR) is 97.0 cm³/mol. The summed E-state index contributed by atoms with van der Waals surface area (Å²) in [5.74, 6) is 0.152. The Balaban J connectivity index is 2.13. The Morgan fingerprint density at radius 1 is 1.19 bits per heavy atom. The van der Waals surface area contributed by atoms with E-state index in [1.807, 2.05) is 0 Å². The lowest BCUT2D eigenvalue weighted by molar-refractivity contribution is -0.143. The number of nitrogens with one attached hydrogen (secondary N) is 1. The summed E-state index contributed by atoms with van der Waals surface area (Å²) in [6.45, 7) is -0.0269. The van der Waals surface area contributed by atoms with Gasteiger partial charge in [-0.15, -0.1) is 0 Å². The number of halogens is 4. The third kappa shape index (κ3) is 5.78. The molecular formula is C18H17BrF3NO4. The molecule has 2 aromatic carbocycles. The number of benzene rings is 2. The second kappa shape index (κ2) is 8.98. The van der Waals surface area contributed by atoms with E-state index in [1.54, 1.807) is 18.2 Å². The van der Waals surface area contributed by atoms with Crippen LogP contribution in [0.5, 0.6) is 11.5 Å². The molecule has 0 aliphatic carbocycles. The third-order valence-corrected chi connectivity index (χ3v) is 4.13. The molecule has 0 aliphatic heterocycles. The van der Waals surface area contributed by atoms with Crippen molar-refractivity contribution in [3.05, 3.63) is 52.0 Å². The summed E-state index contributed by atoms with van der Waals surface area (Å²) in [5.41, 5.74) is 0.352. The number of carbonyl (C=O) groups is 1. The van der Waals surface area contributed by atoms with E-state index in [-0.39, 0.29) is 13.2 Å². The number of anilines is 1. The zero-order valence-electron chi connectivity index (χ0n) is 14.5. The first-order valence-corrected chi connectivity index (χ1v) is 8.51. The lowest BCUT2D eigenvalue weighted by Crippen LogP contribution is -2.13. The molecule has 0 unspecified atom stereocenters. The highest BCUT2D eigenvalue weighted by atomic mass is 79.9. The van der Waals surface area contributed by atoms with E-state index >= 15 is 0 Å². The van der Waals surface area contributed by atoms with Gasteiger partial charge in [0.05, 0.1) is 24.3 Å². The largest absolute Gasteiger partial charge is 0.493 e. The van der Waals surface area contributed by atoms with E-state index in [2.05, 4.69) is 26.0 Å². The van der Waals surface area contributed by atoms with E-state index < -0.39 is 17.7 Å². The van der Waals surface area contributed by atoms with Crippen LogP contribution in [-0.2, 0) is 22.3 Å². The number of methoxy groups -OCH3 is 2. The van der Waals surface area contributed by atoms with Crippen LogP contribution in [0.4, 0.5) is 18.9 Å². The van der Waals surface area contributed by atoms with Gasteiger partial charge < -0.3 is 19.5 Å². The van der Waals surface area contributed by atoms with E-state index in [0.717, 1.165) is 17.7 Å². The van der Waals surface area contributed by atoms with Crippen molar-refractivity contribution in [2.75, 3.05) is 26.1 Å². The van der Waals surface area contributed by atoms with Crippen molar-refractivity contribution in [1.82, 2.24) is 0 Å². The fourth-order valence-electron chi connectivity index (χ4n) is 2.21. The summed E-state index contributed by atoms with van der Waals surface area (Å²) in [5, 5.41) is 2.94. The Kier molecular flexibility index (Phi) is 6.95. The quantitative estimate of drug-likeness (QED) is 0.626. The van der Waals surface area contributed by atoms with Crippen LogP contribution in [0.1, 0.15) is 11.1 Å². The van der Waals surface area contributed by atoms with Crippen LogP contribution < -0.4 is 14.8 Å². The zero-order valence-corrected chi connectivity index (χ0v) is 16.1. The summed E-state index contributed by atoms with van der Waals surface area (Å²) in [6.07, 6.45) is -4.40. The van der Waals surface area contributed by atoms with E-state index in [4.69, 9.17) is 9.47 Å². The van der Waals surface area contributed by atoms with Gasteiger partial charge in [-0.25, -0.2) is 4.79 Å². The maximum Gasteiger partial charge on any atom is 0.416 e. The molecule has 9 heteroatoms. The molecule has 0 fully saturated rings. The van der Waals surface area contributed by atoms with Gasteiger partial charge in [-0.1, -0.05) is 6.07 Å². The van der Waals surface area contributed by atoms with Crippen LogP contribution in [-0.4, -0.2) is 26.8 Å². The zero-order chi connectivity index (χ0) is 20.0. The number of rotatable bonds is 7. The SMILES string of the molecule is COC(=O)COc1c(Br)cc(CNc2cccc(C(F)(F)F)c2)cc1OC. The lowest BCUT2D eigenvalue weighted by atomic mass is 10.1. The molecule has 1 N–H and O–H groups in total. The molecular weight excluding hydrogens is 431 g/mol. The van der Waals surface area contributed by atoms with Crippen LogP contribution >= 0.6 is 15.9 Å². The number of alkyl halides is 3. The van der Waals surface area contributed by atoms with Crippen molar-refractivity contribution >= 4 is 27.6 Å². The third-order valence-electron chi connectivity index (χ3n) is 3.54. The number of hydrogen-bond donors (Lipinski definition) is 1. The summed E-state index contributed by atoms with van der Waals surface area (Å²) in [4.78, 5) is 11.2. The molecule has 146 valence electrons. The Morgan fingerprint density at radius 2 is 1.93 bits per heavy atom. The molecule has 2 aromatic rings. The fourth-order valence-corrected chi connectivity index (χ4v) is 2.82. The maximum atomic E-state index is 12.8. The molecule has 0 bridgehead atoms. The standard InChI is InChI=1S/C18H17BrF3NO4/c1-25-15-7-11(6-14(19)17(15)27-10-16(24)26-2)9-23-13-5-3-4-12(8-13)18(20,21)22/h3-8,23H,9-10H2,1-2H3. The first-order chi connectivity index (χ1) is 12.7. The second-order valence-corrected chi connectivity index (χ2v) is 6.26. The van der Waals surface area contributed by atoms with Crippen LogP contribution in [0.25, 0.3) is 0 Å². The molecule has 0 saturated heterocycles. The summed E-state index contributed by atoms with van der Waals surface area (Å²) >= 11 is 3.34. The number of ether oxygens (including phenoxy) is 3. The van der Waals surface area contributed by atoms with Crippen LogP contribution in [0.15, 0.2) is 40.9 Å². The molecule has 2 rings (SSSR count). The van der Waals surface area contributed by atoms with Gasteiger partial charge in [0, 0.05) is 12.2 Å². The Hall–Kier alpha value is -2.42. The van der Waals surface area contributed by atoms with Crippen LogP contribution in [0.2, 0.25) is 0 Å². The van der Waals surface area contributed by atoms with Gasteiger partial charge in [0.15, 0.2) is 18.1 Å². The number of hydrogen-bond acceptors (Lipinski definition) is 5. The average molecular weight is 448 g/mol. The molecule has 0 saturated carbocycles. The summed E-state index contributed by atoms with van der Waals surface area (Å²) in [7, 11) is 2.69.